The van der Waals surface area contributed by atoms with Crippen molar-refractivity contribution in [3.8, 4) is 0 Å². The third kappa shape index (κ3) is 3.70. The van der Waals surface area contributed by atoms with Gasteiger partial charge >= 0.3 is 0 Å². The number of likely N-dealkylation sites (tertiary alicyclic amines) is 1. The van der Waals surface area contributed by atoms with E-state index in [1.165, 1.54) is 0 Å². The molecule has 1 fully saturated rings. The van der Waals surface area contributed by atoms with E-state index in [0.717, 1.165) is 13.0 Å². The summed E-state index contributed by atoms with van der Waals surface area (Å²) in [7, 11) is 0. The minimum absolute atomic E-state index is 0.0234. The molecule has 0 aliphatic carbocycles. The van der Waals surface area contributed by atoms with Gasteiger partial charge in [0.15, 0.2) is 0 Å². The lowest BCUT2D eigenvalue weighted by Gasteiger charge is -2.23. The van der Waals surface area contributed by atoms with Crippen molar-refractivity contribution in [2.45, 2.75) is 34.1 Å². The predicted molar refractivity (Wildman–Crippen MR) is 70.8 cm³/mol. The molecule has 0 aromatic heterocycles. The van der Waals surface area contributed by atoms with Gasteiger partial charge < -0.3 is 16.0 Å². The van der Waals surface area contributed by atoms with E-state index in [1.807, 2.05) is 20.8 Å². The fourth-order valence-corrected chi connectivity index (χ4v) is 1.94. The molecule has 0 aromatic rings. The second-order valence-electron chi connectivity index (χ2n) is 6.51. The zero-order chi connectivity index (χ0) is 14.0. The van der Waals surface area contributed by atoms with Gasteiger partial charge in [0.05, 0.1) is 6.54 Å². The second-order valence-corrected chi connectivity index (χ2v) is 6.51. The predicted octanol–water partition coefficient (Wildman–Crippen LogP) is 0.346. The molecule has 1 unspecified atom stereocenters. The minimum atomic E-state index is -0.461. The van der Waals surface area contributed by atoms with Crippen molar-refractivity contribution in [3.05, 3.63) is 0 Å². The largest absolute Gasteiger partial charge is 0.347 e. The standard InChI is InChI=1S/C13H25N3O2/c1-12(2,3)11(18)15-7-10(17)16-6-5-13(4,8-14)9-16/h5-9,14H2,1-4H3,(H,15,18). The Kier molecular flexibility index (Phi) is 4.37. The van der Waals surface area contributed by atoms with Crippen molar-refractivity contribution in [2.24, 2.45) is 16.6 Å². The molecule has 1 atom stereocenters. The van der Waals surface area contributed by atoms with Crippen molar-refractivity contribution in [1.82, 2.24) is 10.2 Å². The van der Waals surface area contributed by atoms with Crippen molar-refractivity contribution in [2.75, 3.05) is 26.2 Å². The van der Waals surface area contributed by atoms with Crippen molar-refractivity contribution >= 4 is 11.8 Å². The van der Waals surface area contributed by atoms with Gasteiger partial charge in [0, 0.05) is 18.5 Å². The number of nitrogens with two attached hydrogens (primary N) is 1. The molecule has 104 valence electrons. The van der Waals surface area contributed by atoms with Crippen LogP contribution in [-0.2, 0) is 9.59 Å². The summed E-state index contributed by atoms with van der Waals surface area (Å²) >= 11 is 0. The van der Waals surface area contributed by atoms with Crippen LogP contribution in [0.2, 0.25) is 0 Å². The second kappa shape index (κ2) is 5.26. The van der Waals surface area contributed by atoms with Crippen LogP contribution in [0.4, 0.5) is 0 Å². The lowest BCUT2D eigenvalue weighted by molar-refractivity contribution is -0.134. The molecule has 3 N–H and O–H groups in total. The van der Waals surface area contributed by atoms with Gasteiger partial charge in [-0.25, -0.2) is 0 Å². The molecule has 0 aromatic carbocycles. The maximum atomic E-state index is 12.0. The minimum Gasteiger partial charge on any atom is -0.347 e. The molecule has 0 bridgehead atoms. The zero-order valence-corrected chi connectivity index (χ0v) is 11.9. The quantitative estimate of drug-likeness (QED) is 0.764. The average molecular weight is 255 g/mol. The Hall–Kier alpha value is -1.10. The van der Waals surface area contributed by atoms with E-state index >= 15 is 0 Å². The lowest BCUT2D eigenvalue weighted by atomic mass is 9.90. The molecule has 1 rings (SSSR count). The van der Waals surface area contributed by atoms with Crippen LogP contribution in [0.5, 0.6) is 0 Å². The Morgan fingerprint density at radius 3 is 2.44 bits per heavy atom. The molecule has 1 aliphatic rings. The third-order valence-electron chi connectivity index (χ3n) is 3.48. The molecule has 1 saturated heterocycles. The Morgan fingerprint density at radius 1 is 1.39 bits per heavy atom. The summed E-state index contributed by atoms with van der Waals surface area (Å²) in [6.07, 6.45) is 0.933. The summed E-state index contributed by atoms with van der Waals surface area (Å²) in [5.41, 5.74) is 5.27. The van der Waals surface area contributed by atoms with Crippen LogP contribution in [-0.4, -0.2) is 42.9 Å². The Balaban J connectivity index is 2.42. The number of nitrogens with one attached hydrogen (secondary N) is 1. The molecular formula is C13H25N3O2. The van der Waals surface area contributed by atoms with Gasteiger partial charge in [-0.05, 0) is 18.4 Å². The molecule has 5 nitrogen and oxygen atoms in total. The molecule has 0 spiro atoms. The molecular weight excluding hydrogens is 230 g/mol. The molecule has 0 saturated carbocycles. The molecule has 2 amide bonds. The Bertz CT molecular complexity index is 336. The van der Waals surface area contributed by atoms with E-state index in [4.69, 9.17) is 5.73 Å². The van der Waals surface area contributed by atoms with Gasteiger partial charge in [0.1, 0.15) is 0 Å². The smallest absolute Gasteiger partial charge is 0.241 e. The van der Waals surface area contributed by atoms with Crippen molar-refractivity contribution < 1.29 is 9.59 Å². The molecule has 1 heterocycles. The highest BCUT2D eigenvalue weighted by Crippen LogP contribution is 2.28. The zero-order valence-electron chi connectivity index (χ0n) is 11.9. The van der Waals surface area contributed by atoms with E-state index in [9.17, 15) is 9.59 Å². The normalized spacial score (nSPS) is 24.2. The van der Waals surface area contributed by atoms with Crippen LogP contribution in [0.3, 0.4) is 0 Å². The van der Waals surface area contributed by atoms with Gasteiger partial charge in [-0.15, -0.1) is 0 Å². The first kappa shape index (κ1) is 15.0. The molecule has 5 heteroatoms. The van der Waals surface area contributed by atoms with Gasteiger partial charge in [0.25, 0.3) is 0 Å². The first-order chi connectivity index (χ1) is 8.18. The van der Waals surface area contributed by atoms with Gasteiger partial charge in [0.2, 0.25) is 11.8 Å². The molecule has 0 radical (unpaired) electrons. The number of carbonyl (C=O) groups is 2. The number of hydrogen-bond donors (Lipinski definition) is 2. The first-order valence-electron chi connectivity index (χ1n) is 6.44. The summed E-state index contributed by atoms with van der Waals surface area (Å²) < 4.78 is 0. The monoisotopic (exact) mass is 255 g/mol. The number of amides is 2. The maximum absolute atomic E-state index is 12.0. The van der Waals surface area contributed by atoms with Crippen LogP contribution in [0.1, 0.15) is 34.1 Å². The summed E-state index contributed by atoms with van der Waals surface area (Å²) in [6.45, 7) is 9.66. The van der Waals surface area contributed by atoms with E-state index in [2.05, 4.69) is 12.2 Å². The number of hydrogen-bond acceptors (Lipinski definition) is 3. The fourth-order valence-electron chi connectivity index (χ4n) is 1.94. The van der Waals surface area contributed by atoms with E-state index < -0.39 is 5.41 Å². The molecule has 18 heavy (non-hydrogen) atoms. The Labute approximate surface area is 109 Å². The van der Waals surface area contributed by atoms with Crippen molar-refractivity contribution in [3.63, 3.8) is 0 Å². The van der Waals surface area contributed by atoms with Gasteiger partial charge in [-0.3, -0.25) is 9.59 Å². The summed E-state index contributed by atoms with van der Waals surface area (Å²) in [5.74, 6) is -0.124. The topological polar surface area (TPSA) is 75.4 Å². The number of nitrogens with zero attached hydrogens (tertiary/aromatic N) is 1. The third-order valence-corrected chi connectivity index (χ3v) is 3.48. The number of rotatable bonds is 3. The number of carbonyl (C=O) groups excluding carboxylic acids is 2. The van der Waals surface area contributed by atoms with Gasteiger partial charge in [-0.2, -0.15) is 0 Å². The highest BCUT2D eigenvalue weighted by atomic mass is 16.2. The van der Waals surface area contributed by atoms with E-state index in [1.54, 1.807) is 4.90 Å². The van der Waals surface area contributed by atoms with Crippen LogP contribution in [0.15, 0.2) is 0 Å². The maximum Gasteiger partial charge on any atom is 0.241 e. The summed E-state index contributed by atoms with van der Waals surface area (Å²) in [6, 6.07) is 0. The summed E-state index contributed by atoms with van der Waals surface area (Å²) in [5, 5.41) is 2.68. The lowest BCUT2D eigenvalue weighted by Crippen LogP contribution is -2.43. The molecule has 1 aliphatic heterocycles. The Morgan fingerprint density at radius 2 is 2.00 bits per heavy atom. The fraction of sp³-hybridized carbons (Fsp3) is 0.846. The highest BCUT2D eigenvalue weighted by Gasteiger charge is 2.35. The average Bonchev–Trinajstić information content (AvgIpc) is 2.68. The van der Waals surface area contributed by atoms with E-state index in [-0.39, 0.29) is 23.8 Å². The van der Waals surface area contributed by atoms with Crippen molar-refractivity contribution in [1.29, 1.82) is 0 Å². The van der Waals surface area contributed by atoms with E-state index in [0.29, 0.717) is 13.1 Å². The highest BCUT2D eigenvalue weighted by molar-refractivity contribution is 5.87. The first-order valence-corrected chi connectivity index (χ1v) is 6.44. The van der Waals surface area contributed by atoms with Crippen LogP contribution < -0.4 is 11.1 Å². The van der Waals surface area contributed by atoms with Gasteiger partial charge in [-0.1, -0.05) is 27.7 Å². The van der Waals surface area contributed by atoms with Crippen LogP contribution in [0, 0.1) is 10.8 Å². The SMILES string of the molecule is CC1(CN)CCN(C(=O)CNC(=O)C(C)(C)C)C1. The van der Waals surface area contributed by atoms with Crippen LogP contribution in [0.25, 0.3) is 0 Å². The summed E-state index contributed by atoms with van der Waals surface area (Å²) in [4.78, 5) is 25.4. The van der Waals surface area contributed by atoms with Crippen LogP contribution >= 0.6 is 0 Å².